The maximum atomic E-state index is 5.51. The quantitative estimate of drug-likeness (QED) is 0.821. The van der Waals surface area contributed by atoms with Crippen molar-refractivity contribution in [3.8, 4) is 0 Å². The van der Waals surface area contributed by atoms with Gasteiger partial charge in [-0.2, -0.15) is 0 Å². The van der Waals surface area contributed by atoms with Gasteiger partial charge in [-0.3, -0.25) is 0 Å². The first-order valence-electron chi connectivity index (χ1n) is 6.76. The molecule has 1 aromatic heterocycles. The molecule has 0 aromatic carbocycles. The van der Waals surface area contributed by atoms with Crippen molar-refractivity contribution >= 4 is 17.3 Å². The minimum absolute atomic E-state index is 0.537. The fourth-order valence-electron chi connectivity index (χ4n) is 2.23. The number of nitrogens with one attached hydrogen (secondary N) is 2. The Bertz CT molecular complexity index is 385. The molecule has 0 bridgehead atoms. The van der Waals surface area contributed by atoms with Crippen LogP contribution in [0.15, 0.2) is 10.6 Å². The molecule has 2 rings (SSSR count). The van der Waals surface area contributed by atoms with Crippen LogP contribution >= 0.6 is 12.2 Å². The van der Waals surface area contributed by atoms with Gasteiger partial charge in [0.15, 0.2) is 5.11 Å². The van der Waals surface area contributed by atoms with E-state index in [2.05, 4.69) is 15.6 Å². The van der Waals surface area contributed by atoms with Gasteiger partial charge in [0.1, 0.15) is 5.76 Å². The summed E-state index contributed by atoms with van der Waals surface area (Å²) in [4.78, 5) is 4.19. The molecule has 1 aliphatic rings. The van der Waals surface area contributed by atoms with Gasteiger partial charge in [0, 0.05) is 12.5 Å². The summed E-state index contributed by atoms with van der Waals surface area (Å²) in [6.45, 7) is 2.60. The largest absolute Gasteiger partial charge is 0.444 e. The van der Waals surface area contributed by atoms with Crippen LogP contribution < -0.4 is 10.6 Å². The monoisotopic (exact) mass is 267 g/mol. The Morgan fingerprint density at radius 1 is 1.44 bits per heavy atom. The van der Waals surface area contributed by atoms with Gasteiger partial charge in [-0.05, 0) is 25.1 Å². The van der Waals surface area contributed by atoms with Gasteiger partial charge in [-0.1, -0.05) is 26.2 Å². The standard InChI is InChI=1S/C13H21N3OS/c1-2-11-8-14-12(17-11)9-15-13(18)16-10-6-4-3-5-7-10/h8,10H,2-7,9H2,1H3,(H2,15,16,18). The van der Waals surface area contributed by atoms with E-state index in [-0.39, 0.29) is 0 Å². The van der Waals surface area contributed by atoms with Gasteiger partial charge in [0.05, 0.1) is 12.7 Å². The summed E-state index contributed by atoms with van der Waals surface area (Å²) in [5.74, 6) is 1.61. The predicted octanol–water partition coefficient (Wildman–Crippen LogP) is 2.53. The molecule has 1 fully saturated rings. The summed E-state index contributed by atoms with van der Waals surface area (Å²) in [5, 5.41) is 7.22. The van der Waals surface area contributed by atoms with Crippen molar-refractivity contribution in [2.24, 2.45) is 0 Å². The molecule has 0 atom stereocenters. The van der Waals surface area contributed by atoms with Crippen LogP contribution in [0.25, 0.3) is 0 Å². The Morgan fingerprint density at radius 2 is 2.22 bits per heavy atom. The molecule has 1 heterocycles. The minimum atomic E-state index is 0.537. The van der Waals surface area contributed by atoms with E-state index in [9.17, 15) is 0 Å². The molecule has 5 heteroatoms. The van der Waals surface area contributed by atoms with Crippen LogP contribution in [0.1, 0.15) is 50.7 Å². The molecule has 0 radical (unpaired) electrons. The molecule has 4 nitrogen and oxygen atoms in total. The third kappa shape index (κ3) is 3.98. The average molecular weight is 267 g/mol. The Hall–Kier alpha value is -1.10. The number of aryl methyl sites for hydroxylation is 1. The highest BCUT2D eigenvalue weighted by atomic mass is 32.1. The molecule has 100 valence electrons. The molecular formula is C13H21N3OS. The Labute approximate surface area is 114 Å². The fourth-order valence-corrected chi connectivity index (χ4v) is 2.47. The third-order valence-corrected chi connectivity index (χ3v) is 3.55. The number of thiocarbonyl (C=S) groups is 1. The Morgan fingerprint density at radius 3 is 2.89 bits per heavy atom. The summed E-state index contributed by atoms with van der Waals surface area (Å²) in [7, 11) is 0. The lowest BCUT2D eigenvalue weighted by Gasteiger charge is -2.24. The van der Waals surface area contributed by atoms with E-state index < -0.39 is 0 Å². The molecule has 0 amide bonds. The maximum Gasteiger partial charge on any atom is 0.213 e. The molecule has 0 spiro atoms. The van der Waals surface area contributed by atoms with Crippen molar-refractivity contribution in [1.29, 1.82) is 0 Å². The van der Waals surface area contributed by atoms with E-state index in [1.807, 2.05) is 6.92 Å². The highest BCUT2D eigenvalue weighted by Crippen LogP contribution is 2.17. The normalized spacial score (nSPS) is 16.5. The van der Waals surface area contributed by atoms with Crippen LogP contribution in [-0.4, -0.2) is 16.1 Å². The first kappa shape index (κ1) is 13.3. The topological polar surface area (TPSA) is 50.1 Å². The van der Waals surface area contributed by atoms with Crippen LogP contribution in [0, 0.1) is 0 Å². The van der Waals surface area contributed by atoms with Gasteiger partial charge in [-0.15, -0.1) is 0 Å². The molecule has 1 saturated carbocycles. The van der Waals surface area contributed by atoms with E-state index in [1.54, 1.807) is 6.20 Å². The number of rotatable bonds is 4. The van der Waals surface area contributed by atoms with Crippen molar-refractivity contribution in [3.63, 3.8) is 0 Å². The molecule has 1 aliphatic carbocycles. The van der Waals surface area contributed by atoms with Gasteiger partial charge >= 0.3 is 0 Å². The third-order valence-electron chi connectivity index (χ3n) is 3.29. The van der Waals surface area contributed by atoms with Gasteiger partial charge in [0.2, 0.25) is 5.89 Å². The van der Waals surface area contributed by atoms with E-state index in [0.717, 1.165) is 12.2 Å². The lowest BCUT2D eigenvalue weighted by molar-refractivity contribution is 0.409. The Balaban J connectivity index is 1.70. The van der Waals surface area contributed by atoms with Crippen LogP contribution in [0.2, 0.25) is 0 Å². The molecule has 18 heavy (non-hydrogen) atoms. The van der Waals surface area contributed by atoms with Crippen LogP contribution in [0.4, 0.5) is 0 Å². The van der Waals surface area contributed by atoms with Crippen molar-refractivity contribution in [2.45, 2.75) is 58.0 Å². The van der Waals surface area contributed by atoms with E-state index in [1.165, 1.54) is 32.1 Å². The summed E-state index contributed by atoms with van der Waals surface area (Å²) in [6, 6.07) is 0.537. The van der Waals surface area contributed by atoms with E-state index >= 15 is 0 Å². The highest BCUT2D eigenvalue weighted by Gasteiger charge is 2.14. The molecular weight excluding hydrogens is 246 g/mol. The zero-order valence-corrected chi connectivity index (χ0v) is 11.7. The zero-order chi connectivity index (χ0) is 12.8. The summed E-state index contributed by atoms with van der Waals surface area (Å²) >= 11 is 5.28. The Kier molecular flexibility index (Phi) is 4.99. The second-order valence-corrected chi connectivity index (χ2v) is 5.14. The number of aromatic nitrogens is 1. The van der Waals surface area contributed by atoms with Crippen molar-refractivity contribution < 1.29 is 4.42 Å². The SMILES string of the molecule is CCc1cnc(CNC(=S)NC2CCCCC2)o1. The molecule has 0 saturated heterocycles. The first-order chi connectivity index (χ1) is 8.78. The number of hydrogen-bond acceptors (Lipinski definition) is 3. The van der Waals surface area contributed by atoms with Gasteiger partial charge in [-0.25, -0.2) is 4.98 Å². The van der Waals surface area contributed by atoms with E-state index in [0.29, 0.717) is 23.6 Å². The van der Waals surface area contributed by atoms with Crippen molar-refractivity contribution in [2.75, 3.05) is 0 Å². The lowest BCUT2D eigenvalue weighted by atomic mass is 9.96. The highest BCUT2D eigenvalue weighted by molar-refractivity contribution is 7.80. The minimum Gasteiger partial charge on any atom is -0.444 e. The molecule has 0 unspecified atom stereocenters. The van der Waals surface area contributed by atoms with E-state index in [4.69, 9.17) is 16.6 Å². The average Bonchev–Trinajstić information content (AvgIpc) is 2.85. The first-order valence-corrected chi connectivity index (χ1v) is 7.16. The van der Waals surface area contributed by atoms with Crippen molar-refractivity contribution in [1.82, 2.24) is 15.6 Å². The van der Waals surface area contributed by atoms with Crippen molar-refractivity contribution in [3.05, 3.63) is 17.8 Å². The molecule has 2 N–H and O–H groups in total. The van der Waals surface area contributed by atoms with Crippen LogP contribution in [0.3, 0.4) is 0 Å². The molecule has 1 aromatic rings. The summed E-state index contributed by atoms with van der Waals surface area (Å²) in [5.41, 5.74) is 0. The second kappa shape index (κ2) is 6.73. The smallest absolute Gasteiger partial charge is 0.213 e. The predicted molar refractivity (Wildman–Crippen MR) is 75.3 cm³/mol. The summed E-state index contributed by atoms with van der Waals surface area (Å²) < 4.78 is 5.51. The second-order valence-electron chi connectivity index (χ2n) is 4.74. The maximum absolute atomic E-state index is 5.51. The molecule has 0 aliphatic heterocycles. The number of nitrogens with zero attached hydrogens (tertiary/aromatic N) is 1. The number of oxazole rings is 1. The number of hydrogen-bond donors (Lipinski definition) is 2. The summed E-state index contributed by atoms with van der Waals surface area (Å²) in [6.07, 6.45) is 9.06. The van der Waals surface area contributed by atoms with Crippen LogP contribution in [-0.2, 0) is 13.0 Å². The van der Waals surface area contributed by atoms with Gasteiger partial charge < -0.3 is 15.1 Å². The fraction of sp³-hybridized carbons (Fsp3) is 0.692. The van der Waals surface area contributed by atoms with Gasteiger partial charge in [0.25, 0.3) is 0 Å². The zero-order valence-electron chi connectivity index (χ0n) is 10.9. The van der Waals surface area contributed by atoms with Crippen LogP contribution in [0.5, 0.6) is 0 Å². The lowest BCUT2D eigenvalue weighted by Crippen LogP contribution is -2.42.